The first-order valence-electron chi connectivity index (χ1n) is 4.03. The molecule has 66 valence electrons. The van der Waals surface area contributed by atoms with E-state index in [4.69, 9.17) is 5.11 Å². The van der Waals surface area contributed by atoms with Crippen LogP contribution < -0.4 is 0 Å². The van der Waals surface area contributed by atoms with Crippen LogP contribution in [0.3, 0.4) is 0 Å². The normalized spacial score (nSPS) is 10.5. The number of carbonyl (C=O) groups excluding carboxylic acids is 1. The minimum atomic E-state index is 0.185. The highest BCUT2D eigenvalue weighted by molar-refractivity contribution is 5.77. The number of hydrogen-bond acceptors (Lipinski definition) is 3. The molecule has 0 saturated heterocycles. The molecular formula is C8H17NO2. The molecule has 0 aromatic heterocycles. The number of Topliss-reactive ketones (excluding diaryl/α,β-unsaturated/α-hetero) is 1. The molecule has 0 rings (SSSR count). The van der Waals surface area contributed by atoms with Crippen molar-refractivity contribution in [2.24, 2.45) is 0 Å². The van der Waals surface area contributed by atoms with E-state index in [1.165, 1.54) is 0 Å². The fraction of sp³-hybridized carbons (Fsp3) is 0.875. The maximum atomic E-state index is 10.7. The van der Waals surface area contributed by atoms with Crippen molar-refractivity contribution in [2.45, 2.75) is 20.3 Å². The lowest BCUT2D eigenvalue weighted by Gasteiger charge is -2.17. The fourth-order valence-corrected chi connectivity index (χ4v) is 0.958. The number of hydrogen-bond donors (Lipinski definition) is 1. The molecule has 0 unspecified atom stereocenters. The van der Waals surface area contributed by atoms with Gasteiger partial charge in [-0.2, -0.15) is 0 Å². The van der Waals surface area contributed by atoms with Crippen LogP contribution in [0.25, 0.3) is 0 Å². The number of rotatable bonds is 6. The summed E-state index contributed by atoms with van der Waals surface area (Å²) in [6.45, 7) is 6.00. The van der Waals surface area contributed by atoms with Crippen LogP contribution in [0.15, 0.2) is 0 Å². The third-order valence-electron chi connectivity index (χ3n) is 1.53. The second-order valence-electron chi connectivity index (χ2n) is 2.65. The number of ketones is 1. The van der Waals surface area contributed by atoms with Crippen molar-refractivity contribution in [3.05, 3.63) is 0 Å². The zero-order valence-electron chi connectivity index (χ0n) is 7.34. The van der Waals surface area contributed by atoms with Crippen LogP contribution in [0, 0.1) is 0 Å². The summed E-state index contributed by atoms with van der Waals surface area (Å²) >= 11 is 0. The number of nitrogens with zero attached hydrogens (tertiary/aromatic N) is 1. The highest BCUT2D eigenvalue weighted by Gasteiger charge is 2.03. The molecule has 0 aromatic carbocycles. The van der Waals surface area contributed by atoms with Gasteiger partial charge in [0.1, 0.15) is 5.78 Å². The Labute approximate surface area is 68.0 Å². The van der Waals surface area contributed by atoms with Gasteiger partial charge in [-0.3, -0.25) is 9.69 Å². The number of carbonyl (C=O) groups is 1. The monoisotopic (exact) mass is 159 g/mol. The van der Waals surface area contributed by atoms with Crippen molar-refractivity contribution in [1.29, 1.82) is 0 Å². The molecule has 0 saturated carbocycles. The van der Waals surface area contributed by atoms with Crippen molar-refractivity contribution < 1.29 is 9.90 Å². The second-order valence-corrected chi connectivity index (χ2v) is 2.65. The average Bonchev–Trinajstić information content (AvgIpc) is 1.97. The number of aliphatic hydroxyl groups excluding tert-OH is 1. The molecule has 3 nitrogen and oxygen atoms in total. The predicted octanol–water partition coefficient (Wildman–Crippen LogP) is 0.280. The Morgan fingerprint density at radius 1 is 1.55 bits per heavy atom. The molecule has 0 amide bonds. The second kappa shape index (κ2) is 6.31. The van der Waals surface area contributed by atoms with Crippen molar-refractivity contribution in [1.82, 2.24) is 4.90 Å². The molecule has 0 aliphatic rings. The Hall–Kier alpha value is -0.410. The lowest BCUT2D eigenvalue weighted by Crippen LogP contribution is -2.29. The van der Waals surface area contributed by atoms with Gasteiger partial charge in [-0.25, -0.2) is 0 Å². The average molecular weight is 159 g/mol. The van der Waals surface area contributed by atoms with Gasteiger partial charge in [0.05, 0.1) is 6.54 Å². The SMILES string of the molecule is CCN(CCCO)CC(C)=O. The van der Waals surface area contributed by atoms with Gasteiger partial charge < -0.3 is 5.11 Å². The zero-order valence-corrected chi connectivity index (χ0v) is 7.34. The third kappa shape index (κ3) is 6.01. The Kier molecular flexibility index (Phi) is 6.07. The molecule has 0 atom stereocenters. The Morgan fingerprint density at radius 3 is 2.55 bits per heavy atom. The van der Waals surface area contributed by atoms with E-state index in [0.717, 1.165) is 19.5 Å². The minimum Gasteiger partial charge on any atom is -0.396 e. The molecule has 0 fully saturated rings. The molecule has 1 N–H and O–H groups in total. The molecular weight excluding hydrogens is 142 g/mol. The quantitative estimate of drug-likeness (QED) is 0.605. The highest BCUT2D eigenvalue weighted by Crippen LogP contribution is 1.90. The van der Waals surface area contributed by atoms with Crippen molar-refractivity contribution in [3.63, 3.8) is 0 Å². The smallest absolute Gasteiger partial charge is 0.143 e. The summed E-state index contributed by atoms with van der Waals surface area (Å²) in [6, 6.07) is 0. The van der Waals surface area contributed by atoms with Crippen LogP contribution in [0.1, 0.15) is 20.3 Å². The van der Waals surface area contributed by atoms with Crippen LogP contribution in [0.5, 0.6) is 0 Å². The van der Waals surface area contributed by atoms with Gasteiger partial charge in [-0.05, 0) is 19.9 Å². The van der Waals surface area contributed by atoms with E-state index in [1.807, 2.05) is 11.8 Å². The van der Waals surface area contributed by atoms with Gasteiger partial charge in [0.25, 0.3) is 0 Å². The van der Waals surface area contributed by atoms with Crippen LogP contribution in [-0.2, 0) is 4.79 Å². The molecule has 0 heterocycles. The van der Waals surface area contributed by atoms with E-state index >= 15 is 0 Å². The molecule has 0 radical (unpaired) electrons. The summed E-state index contributed by atoms with van der Waals surface area (Å²) in [7, 11) is 0. The van der Waals surface area contributed by atoms with E-state index in [-0.39, 0.29) is 12.4 Å². The van der Waals surface area contributed by atoms with Crippen LogP contribution in [0.4, 0.5) is 0 Å². The van der Waals surface area contributed by atoms with Gasteiger partial charge in [0.2, 0.25) is 0 Å². The van der Waals surface area contributed by atoms with E-state index in [9.17, 15) is 4.79 Å². The van der Waals surface area contributed by atoms with E-state index in [2.05, 4.69) is 0 Å². The third-order valence-corrected chi connectivity index (χ3v) is 1.53. The van der Waals surface area contributed by atoms with Gasteiger partial charge in [-0.1, -0.05) is 6.92 Å². The van der Waals surface area contributed by atoms with Gasteiger partial charge in [0.15, 0.2) is 0 Å². The standard InChI is InChI=1S/C8H17NO2/c1-3-9(5-4-6-10)7-8(2)11/h10H,3-7H2,1-2H3. The number of likely N-dealkylation sites (N-methyl/N-ethyl adjacent to an activating group) is 1. The summed E-state index contributed by atoms with van der Waals surface area (Å²) in [6.07, 6.45) is 0.751. The number of aliphatic hydroxyl groups is 1. The first kappa shape index (κ1) is 10.6. The summed E-state index contributed by atoms with van der Waals surface area (Å²) < 4.78 is 0. The maximum Gasteiger partial charge on any atom is 0.143 e. The molecule has 0 spiro atoms. The van der Waals surface area contributed by atoms with E-state index < -0.39 is 0 Å². The van der Waals surface area contributed by atoms with E-state index in [0.29, 0.717) is 6.54 Å². The molecule has 0 aromatic rings. The predicted molar refractivity (Wildman–Crippen MR) is 44.5 cm³/mol. The van der Waals surface area contributed by atoms with Crippen molar-refractivity contribution in [3.8, 4) is 0 Å². The van der Waals surface area contributed by atoms with Crippen LogP contribution in [-0.4, -0.2) is 42.0 Å². The molecule has 3 heteroatoms. The summed E-state index contributed by atoms with van der Waals surface area (Å²) in [5.41, 5.74) is 0. The zero-order chi connectivity index (χ0) is 8.69. The molecule has 0 bridgehead atoms. The molecule has 11 heavy (non-hydrogen) atoms. The van der Waals surface area contributed by atoms with Crippen LogP contribution in [0.2, 0.25) is 0 Å². The Bertz CT molecular complexity index is 115. The van der Waals surface area contributed by atoms with E-state index in [1.54, 1.807) is 6.92 Å². The largest absolute Gasteiger partial charge is 0.396 e. The molecule has 0 aliphatic carbocycles. The lowest BCUT2D eigenvalue weighted by molar-refractivity contribution is -0.118. The molecule has 0 aliphatic heterocycles. The highest BCUT2D eigenvalue weighted by atomic mass is 16.3. The summed E-state index contributed by atoms with van der Waals surface area (Å²) in [5.74, 6) is 0.185. The van der Waals surface area contributed by atoms with Crippen molar-refractivity contribution >= 4 is 5.78 Å². The topological polar surface area (TPSA) is 40.5 Å². The first-order chi connectivity index (χ1) is 5.20. The lowest BCUT2D eigenvalue weighted by atomic mass is 10.3. The Morgan fingerprint density at radius 2 is 2.18 bits per heavy atom. The summed E-state index contributed by atoms with van der Waals surface area (Å²) in [5, 5.41) is 8.53. The first-order valence-corrected chi connectivity index (χ1v) is 4.03. The minimum absolute atomic E-state index is 0.185. The maximum absolute atomic E-state index is 10.7. The Balaban J connectivity index is 3.49. The van der Waals surface area contributed by atoms with Gasteiger partial charge in [-0.15, -0.1) is 0 Å². The fourth-order valence-electron chi connectivity index (χ4n) is 0.958. The van der Waals surface area contributed by atoms with Gasteiger partial charge in [0, 0.05) is 13.2 Å². The van der Waals surface area contributed by atoms with Gasteiger partial charge >= 0.3 is 0 Å². The van der Waals surface area contributed by atoms with Crippen LogP contribution >= 0.6 is 0 Å². The summed E-state index contributed by atoms with van der Waals surface area (Å²) in [4.78, 5) is 12.7. The van der Waals surface area contributed by atoms with Crippen molar-refractivity contribution in [2.75, 3.05) is 26.2 Å².